The average Bonchev–Trinajstić information content (AvgIpc) is 2.52. The lowest BCUT2D eigenvalue weighted by Gasteiger charge is -2.18. The summed E-state index contributed by atoms with van der Waals surface area (Å²) in [6, 6.07) is 11.6. The summed E-state index contributed by atoms with van der Waals surface area (Å²) in [7, 11) is 2.98. The third-order valence-electron chi connectivity index (χ3n) is 3.32. The SMILES string of the molecule is COc1ccc(C(=O)N(C)c2cccc(C)c2)cc1[N+](=O)[O-]. The van der Waals surface area contributed by atoms with E-state index in [1.165, 1.54) is 30.2 Å². The highest BCUT2D eigenvalue weighted by Gasteiger charge is 2.20. The molecule has 6 nitrogen and oxygen atoms in total. The number of hydrogen-bond acceptors (Lipinski definition) is 4. The smallest absolute Gasteiger partial charge is 0.311 e. The van der Waals surface area contributed by atoms with Crippen molar-refractivity contribution < 1.29 is 14.5 Å². The summed E-state index contributed by atoms with van der Waals surface area (Å²) in [5.74, 6) is -0.198. The highest BCUT2D eigenvalue weighted by atomic mass is 16.6. The Hall–Kier alpha value is -2.89. The molecule has 0 aliphatic rings. The molecule has 0 heterocycles. The van der Waals surface area contributed by atoms with Crippen molar-refractivity contribution in [3.8, 4) is 5.75 Å². The standard InChI is InChI=1S/C16H16N2O4/c1-11-5-4-6-13(9-11)17(2)16(19)12-7-8-15(22-3)14(10-12)18(20)21/h4-10H,1-3H3. The van der Waals surface area contributed by atoms with Gasteiger partial charge in [0.05, 0.1) is 12.0 Å². The van der Waals surface area contributed by atoms with Gasteiger partial charge in [-0.25, -0.2) is 0 Å². The zero-order valence-corrected chi connectivity index (χ0v) is 12.6. The second-order valence-corrected chi connectivity index (χ2v) is 4.85. The van der Waals surface area contributed by atoms with E-state index in [1.54, 1.807) is 7.05 Å². The highest BCUT2D eigenvalue weighted by Crippen LogP contribution is 2.28. The number of amides is 1. The van der Waals surface area contributed by atoms with Crippen LogP contribution in [-0.4, -0.2) is 25.0 Å². The molecule has 114 valence electrons. The van der Waals surface area contributed by atoms with Crippen LogP contribution in [0.15, 0.2) is 42.5 Å². The van der Waals surface area contributed by atoms with E-state index < -0.39 is 4.92 Å². The Morgan fingerprint density at radius 1 is 1.23 bits per heavy atom. The van der Waals surface area contributed by atoms with Gasteiger partial charge in [-0.15, -0.1) is 0 Å². The van der Waals surface area contributed by atoms with Gasteiger partial charge in [-0.05, 0) is 36.8 Å². The predicted molar refractivity (Wildman–Crippen MR) is 83.6 cm³/mol. The van der Waals surface area contributed by atoms with Crippen LogP contribution in [0.5, 0.6) is 5.75 Å². The van der Waals surface area contributed by atoms with E-state index in [-0.39, 0.29) is 22.9 Å². The number of methoxy groups -OCH3 is 1. The van der Waals surface area contributed by atoms with Gasteiger partial charge in [0, 0.05) is 24.4 Å². The molecule has 2 aromatic carbocycles. The van der Waals surface area contributed by atoms with Crippen LogP contribution in [-0.2, 0) is 0 Å². The minimum absolute atomic E-state index is 0.125. The van der Waals surface area contributed by atoms with Crippen LogP contribution in [0.1, 0.15) is 15.9 Å². The number of anilines is 1. The van der Waals surface area contributed by atoms with E-state index in [0.29, 0.717) is 0 Å². The molecular weight excluding hydrogens is 284 g/mol. The number of nitro groups is 1. The number of nitrogens with zero attached hydrogens (tertiary/aromatic N) is 2. The topological polar surface area (TPSA) is 72.7 Å². The average molecular weight is 300 g/mol. The van der Waals surface area contributed by atoms with Gasteiger partial charge >= 0.3 is 5.69 Å². The maximum absolute atomic E-state index is 12.5. The lowest BCUT2D eigenvalue weighted by molar-refractivity contribution is -0.385. The number of hydrogen-bond donors (Lipinski definition) is 0. The zero-order chi connectivity index (χ0) is 16.3. The van der Waals surface area contributed by atoms with Crippen LogP contribution in [0.25, 0.3) is 0 Å². The molecule has 0 bridgehead atoms. The van der Waals surface area contributed by atoms with Gasteiger partial charge < -0.3 is 9.64 Å². The molecule has 0 unspecified atom stereocenters. The molecule has 0 radical (unpaired) electrons. The number of rotatable bonds is 4. The predicted octanol–water partition coefficient (Wildman–Crippen LogP) is 3.19. The van der Waals surface area contributed by atoms with E-state index in [0.717, 1.165) is 11.3 Å². The van der Waals surface area contributed by atoms with Gasteiger partial charge in [-0.1, -0.05) is 12.1 Å². The maximum atomic E-state index is 12.5. The first-order valence-electron chi connectivity index (χ1n) is 6.61. The summed E-state index contributed by atoms with van der Waals surface area (Å²) < 4.78 is 4.94. The number of carbonyl (C=O) groups is 1. The third kappa shape index (κ3) is 3.06. The Balaban J connectivity index is 2.37. The number of ether oxygens (including phenoxy) is 1. The number of carbonyl (C=O) groups excluding carboxylic acids is 1. The van der Waals surface area contributed by atoms with Crippen molar-refractivity contribution in [2.75, 3.05) is 19.1 Å². The Morgan fingerprint density at radius 2 is 1.95 bits per heavy atom. The first kappa shape index (κ1) is 15.5. The van der Waals surface area contributed by atoms with Crippen molar-refractivity contribution in [3.05, 3.63) is 63.7 Å². The summed E-state index contributed by atoms with van der Waals surface area (Å²) in [5.41, 5.74) is 1.75. The van der Waals surface area contributed by atoms with Gasteiger partial charge in [0.1, 0.15) is 0 Å². The molecular formula is C16H16N2O4. The third-order valence-corrected chi connectivity index (χ3v) is 3.32. The second kappa shape index (κ2) is 6.26. The number of nitro benzene ring substituents is 1. The molecule has 6 heteroatoms. The van der Waals surface area contributed by atoms with E-state index in [9.17, 15) is 14.9 Å². The second-order valence-electron chi connectivity index (χ2n) is 4.85. The zero-order valence-electron chi connectivity index (χ0n) is 12.6. The Morgan fingerprint density at radius 3 is 2.55 bits per heavy atom. The minimum atomic E-state index is -0.567. The molecule has 0 fully saturated rings. The normalized spacial score (nSPS) is 10.1. The summed E-state index contributed by atoms with van der Waals surface area (Å²) in [6.07, 6.45) is 0. The fourth-order valence-electron chi connectivity index (χ4n) is 2.11. The number of aryl methyl sites for hydroxylation is 1. The van der Waals surface area contributed by atoms with Crippen LogP contribution in [0.2, 0.25) is 0 Å². The van der Waals surface area contributed by atoms with Gasteiger partial charge in [-0.3, -0.25) is 14.9 Å². The van der Waals surface area contributed by atoms with Crippen LogP contribution in [0.4, 0.5) is 11.4 Å². The summed E-state index contributed by atoms with van der Waals surface area (Å²) >= 11 is 0. The van der Waals surface area contributed by atoms with E-state index in [1.807, 2.05) is 31.2 Å². The number of benzene rings is 2. The van der Waals surface area contributed by atoms with E-state index >= 15 is 0 Å². The molecule has 0 aliphatic carbocycles. The summed E-state index contributed by atoms with van der Waals surface area (Å²) in [4.78, 5) is 24.4. The molecule has 0 atom stereocenters. The lowest BCUT2D eigenvalue weighted by Crippen LogP contribution is -2.26. The van der Waals surface area contributed by atoms with E-state index in [2.05, 4.69) is 0 Å². The largest absolute Gasteiger partial charge is 0.490 e. The van der Waals surface area contributed by atoms with Crippen molar-refractivity contribution in [1.82, 2.24) is 0 Å². The lowest BCUT2D eigenvalue weighted by atomic mass is 10.1. The molecule has 2 rings (SSSR count). The van der Waals surface area contributed by atoms with Crippen LogP contribution in [0, 0.1) is 17.0 Å². The molecule has 0 spiro atoms. The fourth-order valence-corrected chi connectivity index (χ4v) is 2.11. The highest BCUT2D eigenvalue weighted by molar-refractivity contribution is 6.06. The van der Waals surface area contributed by atoms with Crippen LogP contribution >= 0.6 is 0 Å². The first-order chi connectivity index (χ1) is 10.4. The van der Waals surface area contributed by atoms with Crippen LogP contribution < -0.4 is 9.64 Å². The summed E-state index contributed by atoms with van der Waals surface area (Å²) in [6.45, 7) is 1.93. The van der Waals surface area contributed by atoms with Gasteiger partial charge in [-0.2, -0.15) is 0 Å². The van der Waals surface area contributed by atoms with Crippen molar-refractivity contribution in [1.29, 1.82) is 0 Å². The van der Waals surface area contributed by atoms with Crippen LogP contribution in [0.3, 0.4) is 0 Å². The molecule has 0 saturated heterocycles. The van der Waals surface area contributed by atoms with E-state index in [4.69, 9.17) is 4.74 Å². The molecule has 0 N–H and O–H groups in total. The first-order valence-corrected chi connectivity index (χ1v) is 6.61. The van der Waals surface area contributed by atoms with Crippen molar-refractivity contribution in [2.45, 2.75) is 6.92 Å². The monoisotopic (exact) mass is 300 g/mol. The van der Waals surface area contributed by atoms with Crippen molar-refractivity contribution in [3.63, 3.8) is 0 Å². The van der Waals surface area contributed by atoms with Gasteiger partial charge in [0.2, 0.25) is 0 Å². The molecule has 2 aromatic rings. The molecule has 1 amide bonds. The Kier molecular flexibility index (Phi) is 4.41. The molecule has 0 aliphatic heterocycles. The molecule has 22 heavy (non-hydrogen) atoms. The molecule has 0 saturated carbocycles. The maximum Gasteiger partial charge on any atom is 0.311 e. The Labute approximate surface area is 128 Å². The quantitative estimate of drug-likeness (QED) is 0.642. The summed E-state index contributed by atoms with van der Waals surface area (Å²) in [5, 5.41) is 11.0. The van der Waals surface area contributed by atoms with Crippen molar-refractivity contribution in [2.24, 2.45) is 0 Å². The Bertz CT molecular complexity index is 728. The molecule has 0 aromatic heterocycles. The van der Waals surface area contributed by atoms with Gasteiger partial charge in [0.15, 0.2) is 5.75 Å². The van der Waals surface area contributed by atoms with Gasteiger partial charge in [0.25, 0.3) is 5.91 Å². The van der Waals surface area contributed by atoms with Crippen molar-refractivity contribution >= 4 is 17.3 Å². The fraction of sp³-hybridized carbons (Fsp3) is 0.188. The minimum Gasteiger partial charge on any atom is -0.490 e.